The Balaban J connectivity index is 0.000000133. The highest BCUT2D eigenvalue weighted by Crippen LogP contribution is 2.49. The normalized spacial score (nSPS) is 12.6. The fourth-order valence-electron chi connectivity index (χ4n) is 12.5. The molecule has 12 aromatic rings. The van der Waals surface area contributed by atoms with Gasteiger partial charge < -0.3 is 9.62 Å². The zero-order valence-electron chi connectivity index (χ0n) is 41.5. The van der Waals surface area contributed by atoms with Crippen LogP contribution in [0, 0.1) is 0 Å². The molecule has 0 N–H and O–H groups in total. The van der Waals surface area contributed by atoms with E-state index >= 15 is 0 Å². The van der Waals surface area contributed by atoms with Crippen LogP contribution in [-0.4, -0.2) is 23.7 Å². The molecule has 0 saturated carbocycles. The summed E-state index contributed by atoms with van der Waals surface area (Å²) in [6.07, 6.45) is 5.91. The van der Waals surface area contributed by atoms with E-state index in [2.05, 4.69) is 263 Å². The van der Waals surface area contributed by atoms with Gasteiger partial charge in [0.2, 0.25) is 0 Å². The van der Waals surface area contributed by atoms with E-state index in [1.807, 2.05) is 30.7 Å². The number of aromatic nitrogens is 2. The third kappa shape index (κ3) is 7.10. The molecular formula is C70H46B2N4. The molecular weight excluding hydrogens is 918 g/mol. The number of rotatable bonds is 4. The molecule has 352 valence electrons. The first kappa shape index (κ1) is 43.8. The van der Waals surface area contributed by atoms with Crippen LogP contribution in [0.1, 0.15) is 0 Å². The summed E-state index contributed by atoms with van der Waals surface area (Å²) in [5, 5.41) is 0. The van der Waals surface area contributed by atoms with Gasteiger partial charge >= 0.3 is 13.7 Å². The van der Waals surface area contributed by atoms with Crippen molar-refractivity contribution in [2.75, 3.05) is 9.62 Å². The van der Waals surface area contributed by atoms with Crippen molar-refractivity contribution >= 4 is 58.3 Å². The van der Waals surface area contributed by atoms with Gasteiger partial charge in [0.25, 0.3) is 0 Å². The molecule has 6 heteroatoms. The van der Waals surface area contributed by atoms with Gasteiger partial charge in [-0.1, -0.05) is 212 Å². The number of hydrogen-bond donors (Lipinski definition) is 0. The number of pyridine rings is 2. The summed E-state index contributed by atoms with van der Waals surface area (Å²) in [7, 11) is 0. The van der Waals surface area contributed by atoms with Gasteiger partial charge in [-0.3, -0.25) is 9.97 Å². The molecule has 0 atom stereocenters. The Morgan fingerprint density at radius 2 is 0.605 bits per heavy atom. The van der Waals surface area contributed by atoms with Gasteiger partial charge in [-0.2, -0.15) is 0 Å². The Labute approximate surface area is 444 Å². The van der Waals surface area contributed by atoms with Crippen LogP contribution in [0.2, 0.25) is 0 Å². The summed E-state index contributed by atoms with van der Waals surface area (Å²) >= 11 is 0. The predicted molar refractivity (Wildman–Crippen MR) is 319 cm³/mol. The SMILES string of the molecule is c1ccc(-c2ccc(-c3ccc4c(c3)-c3ccccc3B3c5ccccc5-c5ccccc5N34)cn2)cc1.c1ccc(-c2cncc(-c3ccc4c(c3)-c3ccccc3B3c5ccccc5-c5ccccc5N34)c2)cc1. The Bertz CT molecular complexity index is 4220. The zero-order valence-corrected chi connectivity index (χ0v) is 41.5. The predicted octanol–water partition coefficient (Wildman–Crippen LogP) is 14.6. The van der Waals surface area contributed by atoms with Crippen LogP contribution in [0.15, 0.2) is 279 Å². The standard InChI is InChI=1S/2C35H23BN2/c1-2-10-24(11-3-1)33-20-18-26(23-37-33)25-19-21-35-30(22-25)28-13-5-8-16-32(28)36-31-15-7-4-12-27(31)29-14-6-9-17-34(29)38(35)36;1-2-10-24(11-3-1)26-20-27(23-37-22-26)25-18-19-35-31(21-25)29-13-5-8-16-33(29)36-32-15-7-4-12-28(32)30-14-6-9-17-34(30)38(35)36/h2*1-23H. The molecule has 0 saturated heterocycles. The summed E-state index contributed by atoms with van der Waals surface area (Å²) in [6, 6.07) is 94.3. The van der Waals surface area contributed by atoms with Crippen molar-refractivity contribution in [2.24, 2.45) is 0 Å². The molecule has 10 aromatic carbocycles. The van der Waals surface area contributed by atoms with Gasteiger partial charge in [0.05, 0.1) is 5.69 Å². The monoisotopic (exact) mass is 964 g/mol. The van der Waals surface area contributed by atoms with Gasteiger partial charge in [0.15, 0.2) is 0 Å². The molecule has 76 heavy (non-hydrogen) atoms. The molecule has 0 radical (unpaired) electrons. The minimum Gasteiger partial charge on any atom is -0.376 e. The fraction of sp³-hybridized carbons (Fsp3) is 0. The van der Waals surface area contributed by atoms with Crippen molar-refractivity contribution in [3.05, 3.63) is 279 Å². The second kappa shape index (κ2) is 18.0. The molecule has 6 heterocycles. The highest BCUT2D eigenvalue weighted by Gasteiger charge is 2.43. The van der Waals surface area contributed by atoms with Crippen molar-refractivity contribution in [3.8, 4) is 89.1 Å². The number of anilines is 4. The van der Waals surface area contributed by atoms with E-state index in [1.54, 1.807) is 0 Å². The summed E-state index contributed by atoms with van der Waals surface area (Å²) in [6.45, 7) is 0.279. The minimum absolute atomic E-state index is 0.138. The van der Waals surface area contributed by atoms with Crippen LogP contribution in [0.5, 0.6) is 0 Å². The molecule has 0 aliphatic carbocycles. The summed E-state index contributed by atoms with van der Waals surface area (Å²) in [4.78, 5) is 14.5. The molecule has 16 rings (SSSR count). The van der Waals surface area contributed by atoms with Crippen LogP contribution >= 0.6 is 0 Å². The summed E-state index contributed by atoms with van der Waals surface area (Å²) in [5.74, 6) is 0. The Hall–Kier alpha value is -9.77. The first-order valence-corrected chi connectivity index (χ1v) is 26.2. The summed E-state index contributed by atoms with van der Waals surface area (Å²) in [5.41, 5.74) is 29.8. The second-order valence-electron chi connectivity index (χ2n) is 20.0. The average Bonchev–Trinajstić information content (AvgIpc) is 3.61. The molecule has 4 aliphatic rings. The average molecular weight is 965 g/mol. The largest absolute Gasteiger partial charge is 0.376 e. The third-order valence-electron chi connectivity index (χ3n) is 15.9. The van der Waals surface area contributed by atoms with Gasteiger partial charge in [-0.15, -0.1) is 0 Å². The van der Waals surface area contributed by atoms with Gasteiger partial charge in [-0.05, 0) is 109 Å². The van der Waals surface area contributed by atoms with Crippen molar-refractivity contribution in [2.45, 2.75) is 0 Å². The van der Waals surface area contributed by atoms with E-state index in [0.717, 1.165) is 27.9 Å². The maximum Gasteiger partial charge on any atom is 0.329 e. The molecule has 0 amide bonds. The van der Waals surface area contributed by atoms with E-state index in [9.17, 15) is 0 Å². The van der Waals surface area contributed by atoms with Gasteiger partial charge in [0, 0.05) is 85.8 Å². The highest BCUT2D eigenvalue weighted by atomic mass is 15.1. The van der Waals surface area contributed by atoms with Gasteiger partial charge in [0.1, 0.15) is 0 Å². The van der Waals surface area contributed by atoms with E-state index in [-0.39, 0.29) is 13.7 Å². The van der Waals surface area contributed by atoms with Crippen LogP contribution in [-0.2, 0) is 0 Å². The van der Waals surface area contributed by atoms with E-state index in [0.29, 0.717) is 0 Å². The van der Waals surface area contributed by atoms with Crippen molar-refractivity contribution < 1.29 is 0 Å². The minimum atomic E-state index is 0.138. The Morgan fingerprint density at radius 3 is 1.08 bits per heavy atom. The second-order valence-corrected chi connectivity index (χ2v) is 20.0. The third-order valence-corrected chi connectivity index (χ3v) is 15.9. The lowest BCUT2D eigenvalue weighted by Crippen LogP contribution is -2.59. The molecule has 0 fully saturated rings. The smallest absolute Gasteiger partial charge is 0.329 e. The van der Waals surface area contributed by atoms with Crippen LogP contribution < -0.4 is 31.5 Å². The van der Waals surface area contributed by atoms with Crippen molar-refractivity contribution in [1.82, 2.24) is 9.97 Å². The molecule has 4 aliphatic heterocycles. The number of fused-ring (bicyclic) bond motifs is 22. The first-order valence-electron chi connectivity index (χ1n) is 26.2. The zero-order chi connectivity index (χ0) is 50.1. The van der Waals surface area contributed by atoms with Crippen LogP contribution in [0.3, 0.4) is 0 Å². The number of nitrogens with zero attached hydrogens (tertiary/aromatic N) is 4. The maximum atomic E-state index is 4.79. The van der Waals surface area contributed by atoms with E-state index in [1.165, 1.54) is 106 Å². The fourth-order valence-corrected chi connectivity index (χ4v) is 12.5. The topological polar surface area (TPSA) is 32.3 Å². The van der Waals surface area contributed by atoms with Crippen LogP contribution in [0.4, 0.5) is 22.7 Å². The molecule has 0 unspecified atom stereocenters. The highest BCUT2D eigenvalue weighted by molar-refractivity contribution is 6.93. The molecule has 4 nitrogen and oxygen atoms in total. The van der Waals surface area contributed by atoms with Crippen molar-refractivity contribution in [3.63, 3.8) is 0 Å². The Morgan fingerprint density at radius 1 is 0.237 bits per heavy atom. The lowest BCUT2D eigenvalue weighted by atomic mass is 9.43. The quantitative estimate of drug-likeness (QED) is 0.165. The number of benzene rings is 10. The number of hydrogen-bond acceptors (Lipinski definition) is 4. The first-order chi connectivity index (χ1) is 37.7. The van der Waals surface area contributed by atoms with E-state index in [4.69, 9.17) is 4.98 Å². The number of para-hydroxylation sites is 2. The lowest BCUT2D eigenvalue weighted by molar-refractivity contribution is 1.32. The van der Waals surface area contributed by atoms with Crippen molar-refractivity contribution in [1.29, 1.82) is 0 Å². The Kier molecular flexibility index (Phi) is 10.4. The summed E-state index contributed by atoms with van der Waals surface area (Å²) < 4.78 is 0. The van der Waals surface area contributed by atoms with Gasteiger partial charge in [-0.25, -0.2) is 0 Å². The maximum absolute atomic E-state index is 4.79. The van der Waals surface area contributed by atoms with E-state index < -0.39 is 0 Å². The lowest BCUT2D eigenvalue weighted by Gasteiger charge is -2.43. The van der Waals surface area contributed by atoms with Crippen LogP contribution in [0.25, 0.3) is 89.1 Å². The molecule has 0 bridgehead atoms. The molecule has 2 aromatic heterocycles. The molecule has 0 spiro atoms.